The summed E-state index contributed by atoms with van der Waals surface area (Å²) in [5, 5.41) is 0. The van der Waals surface area contributed by atoms with Crippen molar-refractivity contribution >= 4 is 0 Å². The first-order valence-corrected chi connectivity index (χ1v) is 5.68. The molecule has 2 rings (SSSR count). The van der Waals surface area contributed by atoms with Crippen LogP contribution in [0.4, 0.5) is 0 Å². The van der Waals surface area contributed by atoms with Crippen molar-refractivity contribution in [3.63, 3.8) is 0 Å². The molecule has 2 fully saturated rings. The van der Waals surface area contributed by atoms with E-state index in [1.54, 1.807) is 6.42 Å². The molecule has 2 bridgehead atoms. The molecule has 0 amide bonds. The van der Waals surface area contributed by atoms with E-state index in [0.29, 0.717) is 0 Å². The Labute approximate surface area is 76.7 Å². The molecule has 2 aliphatic rings. The molecule has 4 unspecified atom stereocenters. The standard InChI is InChI=1S/C12H22/c1-4-5-12-7-9(2)11(8-12)6-10(12)3/h9-11H,4-8H2,1-3H3. The quantitative estimate of drug-likeness (QED) is 0.584. The zero-order valence-corrected chi connectivity index (χ0v) is 8.77. The first-order valence-electron chi connectivity index (χ1n) is 5.68. The Morgan fingerprint density at radius 2 is 2.00 bits per heavy atom. The van der Waals surface area contributed by atoms with Crippen LogP contribution in [-0.4, -0.2) is 0 Å². The second-order valence-electron chi connectivity index (χ2n) is 5.39. The van der Waals surface area contributed by atoms with Gasteiger partial charge in [0, 0.05) is 0 Å². The lowest BCUT2D eigenvalue weighted by Gasteiger charge is -2.34. The van der Waals surface area contributed by atoms with Crippen LogP contribution in [0, 0.1) is 23.2 Å². The summed E-state index contributed by atoms with van der Waals surface area (Å²) in [7, 11) is 0. The van der Waals surface area contributed by atoms with E-state index in [0.717, 1.165) is 23.2 Å². The summed E-state index contributed by atoms with van der Waals surface area (Å²) in [6.07, 6.45) is 7.51. The summed E-state index contributed by atoms with van der Waals surface area (Å²) in [5.74, 6) is 3.15. The number of rotatable bonds is 2. The smallest absolute Gasteiger partial charge is 0.0266 e. The SMILES string of the molecule is CCCC12CC(C)C(CC1C)C2. The van der Waals surface area contributed by atoms with E-state index in [1.165, 1.54) is 25.7 Å². The number of hydrogen-bond acceptors (Lipinski definition) is 0. The largest absolute Gasteiger partial charge is 0.0654 e. The Morgan fingerprint density at radius 3 is 2.50 bits per heavy atom. The minimum Gasteiger partial charge on any atom is -0.0654 e. The van der Waals surface area contributed by atoms with Gasteiger partial charge < -0.3 is 0 Å². The Bertz CT molecular complexity index is 169. The molecule has 0 heteroatoms. The first-order chi connectivity index (χ1) is 5.68. The Balaban J connectivity index is 2.13. The van der Waals surface area contributed by atoms with E-state index < -0.39 is 0 Å². The lowest BCUT2D eigenvalue weighted by molar-refractivity contribution is 0.157. The van der Waals surface area contributed by atoms with Gasteiger partial charge >= 0.3 is 0 Å². The molecule has 0 saturated heterocycles. The summed E-state index contributed by atoms with van der Waals surface area (Å²) in [6.45, 7) is 7.30. The zero-order valence-electron chi connectivity index (χ0n) is 8.77. The van der Waals surface area contributed by atoms with Crippen molar-refractivity contribution in [1.29, 1.82) is 0 Å². The van der Waals surface area contributed by atoms with Gasteiger partial charge in [-0.05, 0) is 48.9 Å². The molecule has 0 spiro atoms. The fourth-order valence-electron chi connectivity index (χ4n) is 3.99. The van der Waals surface area contributed by atoms with Crippen LogP contribution in [0.3, 0.4) is 0 Å². The molecule has 2 saturated carbocycles. The van der Waals surface area contributed by atoms with Gasteiger partial charge in [0.15, 0.2) is 0 Å². The molecule has 12 heavy (non-hydrogen) atoms. The normalized spacial score (nSPS) is 51.8. The van der Waals surface area contributed by atoms with Gasteiger partial charge in [-0.15, -0.1) is 0 Å². The third kappa shape index (κ3) is 1.03. The predicted octanol–water partition coefficient (Wildman–Crippen LogP) is 3.86. The highest BCUT2D eigenvalue weighted by Crippen LogP contribution is 2.61. The molecule has 0 nitrogen and oxygen atoms in total. The molecular weight excluding hydrogens is 144 g/mol. The van der Waals surface area contributed by atoms with Gasteiger partial charge in [0.2, 0.25) is 0 Å². The highest BCUT2D eigenvalue weighted by atomic mass is 14.6. The topological polar surface area (TPSA) is 0 Å². The molecule has 0 heterocycles. The molecule has 2 aliphatic carbocycles. The van der Waals surface area contributed by atoms with E-state index in [-0.39, 0.29) is 0 Å². The molecular formula is C12H22. The second-order valence-corrected chi connectivity index (χ2v) is 5.39. The summed E-state index contributed by atoms with van der Waals surface area (Å²) in [5.41, 5.74) is 0.791. The van der Waals surface area contributed by atoms with Crippen LogP contribution >= 0.6 is 0 Å². The average Bonchev–Trinajstić information content (AvgIpc) is 2.43. The van der Waals surface area contributed by atoms with Crippen molar-refractivity contribution in [2.75, 3.05) is 0 Å². The molecule has 0 N–H and O–H groups in total. The third-order valence-corrected chi connectivity index (χ3v) is 4.65. The molecule has 0 aliphatic heterocycles. The summed E-state index contributed by atoms with van der Waals surface area (Å²) in [6, 6.07) is 0. The maximum absolute atomic E-state index is 2.49. The van der Waals surface area contributed by atoms with Crippen molar-refractivity contribution in [1.82, 2.24) is 0 Å². The van der Waals surface area contributed by atoms with Crippen molar-refractivity contribution in [2.45, 2.75) is 52.9 Å². The molecule has 0 aromatic rings. The average molecular weight is 166 g/mol. The van der Waals surface area contributed by atoms with Gasteiger partial charge in [-0.3, -0.25) is 0 Å². The highest BCUT2D eigenvalue weighted by molar-refractivity contribution is 5.02. The third-order valence-electron chi connectivity index (χ3n) is 4.65. The molecule has 70 valence electrons. The van der Waals surface area contributed by atoms with E-state index in [1.807, 2.05) is 0 Å². The highest BCUT2D eigenvalue weighted by Gasteiger charge is 2.52. The van der Waals surface area contributed by atoms with Crippen molar-refractivity contribution in [3.8, 4) is 0 Å². The maximum Gasteiger partial charge on any atom is -0.0266 e. The van der Waals surface area contributed by atoms with E-state index in [2.05, 4.69) is 20.8 Å². The fraction of sp³-hybridized carbons (Fsp3) is 1.00. The number of hydrogen-bond donors (Lipinski definition) is 0. The van der Waals surface area contributed by atoms with E-state index in [4.69, 9.17) is 0 Å². The van der Waals surface area contributed by atoms with Crippen LogP contribution in [0.15, 0.2) is 0 Å². The van der Waals surface area contributed by atoms with Crippen LogP contribution in [0.25, 0.3) is 0 Å². The van der Waals surface area contributed by atoms with Crippen LogP contribution < -0.4 is 0 Å². The van der Waals surface area contributed by atoms with Crippen LogP contribution in [0.2, 0.25) is 0 Å². The lowest BCUT2D eigenvalue weighted by atomic mass is 9.71. The van der Waals surface area contributed by atoms with Gasteiger partial charge in [-0.1, -0.05) is 27.2 Å². The Hall–Kier alpha value is 0. The minimum atomic E-state index is 0.791. The minimum absolute atomic E-state index is 0.791. The maximum atomic E-state index is 2.49. The summed E-state index contributed by atoms with van der Waals surface area (Å²) >= 11 is 0. The predicted molar refractivity (Wildman–Crippen MR) is 53.0 cm³/mol. The second kappa shape index (κ2) is 2.75. The fourth-order valence-corrected chi connectivity index (χ4v) is 3.99. The Kier molecular flexibility index (Phi) is 1.97. The first kappa shape index (κ1) is 8.59. The van der Waals surface area contributed by atoms with Crippen LogP contribution in [-0.2, 0) is 0 Å². The summed E-state index contributed by atoms with van der Waals surface area (Å²) < 4.78 is 0. The van der Waals surface area contributed by atoms with Gasteiger partial charge in [0.05, 0.1) is 0 Å². The van der Waals surface area contributed by atoms with Crippen molar-refractivity contribution in [3.05, 3.63) is 0 Å². The van der Waals surface area contributed by atoms with E-state index in [9.17, 15) is 0 Å². The molecule has 0 radical (unpaired) electrons. The van der Waals surface area contributed by atoms with Gasteiger partial charge in [0.1, 0.15) is 0 Å². The van der Waals surface area contributed by atoms with Crippen LogP contribution in [0.1, 0.15) is 52.9 Å². The number of fused-ring (bicyclic) bond motifs is 2. The molecule has 0 aromatic carbocycles. The van der Waals surface area contributed by atoms with Gasteiger partial charge in [0.25, 0.3) is 0 Å². The van der Waals surface area contributed by atoms with E-state index >= 15 is 0 Å². The zero-order chi connectivity index (χ0) is 8.77. The van der Waals surface area contributed by atoms with Crippen molar-refractivity contribution < 1.29 is 0 Å². The van der Waals surface area contributed by atoms with Crippen LogP contribution in [0.5, 0.6) is 0 Å². The monoisotopic (exact) mass is 166 g/mol. The molecule has 4 atom stereocenters. The lowest BCUT2D eigenvalue weighted by Crippen LogP contribution is -2.25. The summed E-state index contributed by atoms with van der Waals surface area (Å²) in [4.78, 5) is 0. The Morgan fingerprint density at radius 1 is 1.25 bits per heavy atom. The van der Waals surface area contributed by atoms with Gasteiger partial charge in [-0.2, -0.15) is 0 Å². The molecule has 0 aromatic heterocycles. The van der Waals surface area contributed by atoms with Crippen molar-refractivity contribution in [2.24, 2.45) is 23.2 Å². The van der Waals surface area contributed by atoms with Gasteiger partial charge in [-0.25, -0.2) is 0 Å².